The van der Waals surface area contributed by atoms with Gasteiger partial charge in [-0.05, 0) is 44.5 Å². The number of methoxy groups -OCH3 is 1. The van der Waals surface area contributed by atoms with Crippen LogP contribution in [0.2, 0.25) is 0 Å². The molecule has 2 N–H and O–H groups in total. The molecule has 1 spiro atoms. The molecule has 5 unspecified atom stereocenters. The molecular weight excluding hydrogens is 294 g/mol. The summed E-state index contributed by atoms with van der Waals surface area (Å²) < 4.78 is 11.8. The molecule has 0 amide bonds. The van der Waals surface area contributed by atoms with Gasteiger partial charge in [-0.1, -0.05) is 6.07 Å². The molecule has 2 heterocycles. The van der Waals surface area contributed by atoms with Gasteiger partial charge in [0.05, 0.1) is 30.3 Å². The third-order valence-electron chi connectivity index (χ3n) is 7.03. The van der Waals surface area contributed by atoms with E-state index in [9.17, 15) is 10.2 Å². The van der Waals surface area contributed by atoms with Gasteiger partial charge < -0.3 is 19.7 Å². The lowest BCUT2D eigenvalue weighted by Crippen LogP contribution is -2.72. The van der Waals surface area contributed by atoms with Crippen LogP contribution in [-0.4, -0.2) is 59.7 Å². The number of hydrogen-bond donors (Lipinski definition) is 2. The molecular formula is C18H23NO4. The molecule has 0 radical (unpaired) electrons. The monoisotopic (exact) mass is 317 g/mol. The summed E-state index contributed by atoms with van der Waals surface area (Å²) in [5.74, 6) is 1.53. The van der Waals surface area contributed by atoms with E-state index in [0.29, 0.717) is 12.8 Å². The normalized spacial score (nSPS) is 43.7. The third kappa shape index (κ3) is 1.30. The number of aliphatic hydroxyl groups excluding tert-OH is 2. The zero-order chi connectivity index (χ0) is 16.0. The van der Waals surface area contributed by atoms with Crippen LogP contribution in [0, 0.1) is 0 Å². The highest BCUT2D eigenvalue weighted by Crippen LogP contribution is 2.67. The first-order valence-electron chi connectivity index (χ1n) is 8.50. The van der Waals surface area contributed by atoms with E-state index in [0.717, 1.165) is 36.4 Å². The van der Waals surface area contributed by atoms with Crippen molar-refractivity contribution in [1.29, 1.82) is 0 Å². The lowest BCUT2D eigenvalue weighted by Gasteiger charge is -2.58. The van der Waals surface area contributed by atoms with Crippen molar-refractivity contribution in [3.8, 4) is 11.5 Å². The fourth-order valence-corrected chi connectivity index (χ4v) is 6.18. The minimum atomic E-state index is -0.495. The lowest BCUT2D eigenvalue weighted by molar-refractivity contribution is -0.128. The minimum absolute atomic E-state index is 0.291. The molecule has 23 heavy (non-hydrogen) atoms. The summed E-state index contributed by atoms with van der Waals surface area (Å²) in [6, 6.07) is 3.98. The van der Waals surface area contributed by atoms with E-state index in [1.165, 1.54) is 5.56 Å². The Morgan fingerprint density at radius 2 is 2.13 bits per heavy atom. The largest absolute Gasteiger partial charge is 0.493 e. The highest BCUT2D eigenvalue weighted by Gasteiger charge is 2.74. The van der Waals surface area contributed by atoms with Crippen molar-refractivity contribution in [1.82, 2.24) is 4.90 Å². The first kappa shape index (κ1) is 14.1. The Morgan fingerprint density at radius 3 is 2.91 bits per heavy atom. The summed E-state index contributed by atoms with van der Waals surface area (Å²) >= 11 is 0. The van der Waals surface area contributed by atoms with Crippen molar-refractivity contribution < 1.29 is 19.7 Å². The smallest absolute Gasteiger partial charge is 0.166 e. The molecule has 1 saturated carbocycles. The van der Waals surface area contributed by atoms with Gasteiger partial charge in [-0.2, -0.15) is 0 Å². The highest BCUT2D eigenvalue weighted by atomic mass is 16.5. The fraction of sp³-hybridized carbons (Fsp3) is 0.667. The van der Waals surface area contributed by atoms with E-state index >= 15 is 0 Å². The van der Waals surface area contributed by atoms with Crippen molar-refractivity contribution in [2.45, 2.75) is 54.9 Å². The molecule has 2 aliphatic heterocycles. The Morgan fingerprint density at radius 1 is 1.30 bits per heavy atom. The summed E-state index contributed by atoms with van der Waals surface area (Å²) in [5, 5.41) is 21.8. The van der Waals surface area contributed by atoms with Crippen molar-refractivity contribution in [2.75, 3.05) is 20.7 Å². The maximum atomic E-state index is 11.1. The predicted molar refractivity (Wildman–Crippen MR) is 84.0 cm³/mol. The number of aliphatic hydroxyl groups is 2. The number of rotatable bonds is 1. The van der Waals surface area contributed by atoms with E-state index in [1.54, 1.807) is 7.11 Å². The molecule has 2 fully saturated rings. The zero-order valence-corrected chi connectivity index (χ0v) is 13.6. The van der Waals surface area contributed by atoms with Crippen LogP contribution in [-0.2, 0) is 11.8 Å². The molecule has 1 saturated heterocycles. The minimum Gasteiger partial charge on any atom is -0.493 e. The lowest BCUT2D eigenvalue weighted by atomic mass is 9.51. The molecule has 2 aliphatic carbocycles. The van der Waals surface area contributed by atoms with Crippen LogP contribution in [0.25, 0.3) is 0 Å². The average molecular weight is 317 g/mol. The molecule has 4 aliphatic rings. The second kappa shape index (κ2) is 4.21. The average Bonchev–Trinajstić information content (AvgIpc) is 3.06. The third-order valence-corrected chi connectivity index (χ3v) is 7.03. The zero-order valence-electron chi connectivity index (χ0n) is 13.6. The van der Waals surface area contributed by atoms with Gasteiger partial charge in [-0.3, -0.25) is 4.90 Å². The van der Waals surface area contributed by atoms with Gasteiger partial charge in [0.25, 0.3) is 0 Å². The molecule has 5 heteroatoms. The maximum Gasteiger partial charge on any atom is 0.166 e. The standard InChI is InChI=1S/C18H23NO4/c1-19-8-7-17-14-10-3-4-12(22-2)15(14)23-16(17)11(20)5-6-18(17,19)13(21)9-10/h3-4,11,13,16,20-21H,5-9H2,1-2H3. The summed E-state index contributed by atoms with van der Waals surface area (Å²) in [6.45, 7) is 0.916. The Bertz CT molecular complexity index is 692. The number of ether oxygens (including phenoxy) is 2. The first-order chi connectivity index (χ1) is 11.1. The first-order valence-corrected chi connectivity index (χ1v) is 8.50. The van der Waals surface area contributed by atoms with Crippen LogP contribution in [0.5, 0.6) is 11.5 Å². The summed E-state index contributed by atoms with van der Waals surface area (Å²) in [7, 11) is 3.76. The number of likely N-dealkylation sites (tertiary alicyclic amines) is 1. The van der Waals surface area contributed by atoms with E-state index in [2.05, 4.69) is 18.0 Å². The van der Waals surface area contributed by atoms with Gasteiger partial charge in [0.2, 0.25) is 0 Å². The highest BCUT2D eigenvalue weighted by molar-refractivity contribution is 5.63. The number of hydrogen-bond acceptors (Lipinski definition) is 5. The Hall–Kier alpha value is -1.30. The number of benzene rings is 1. The van der Waals surface area contributed by atoms with Crippen LogP contribution in [0.1, 0.15) is 30.4 Å². The van der Waals surface area contributed by atoms with Gasteiger partial charge in [0, 0.05) is 12.0 Å². The van der Waals surface area contributed by atoms with Crippen molar-refractivity contribution in [3.63, 3.8) is 0 Å². The van der Waals surface area contributed by atoms with E-state index in [1.807, 2.05) is 6.07 Å². The van der Waals surface area contributed by atoms with Crippen molar-refractivity contribution in [2.24, 2.45) is 0 Å². The SMILES string of the molecule is COc1ccc2c3c1OC1C(O)CCC4(C(O)C2)N(C)CCC314. The molecule has 1 aromatic rings. The Balaban J connectivity index is 1.86. The second-order valence-corrected chi connectivity index (χ2v) is 7.56. The molecule has 124 valence electrons. The summed E-state index contributed by atoms with van der Waals surface area (Å²) in [4.78, 5) is 2.32. The quantitative estimate of drug-likeness (QED) is 0.804. The topological polar surface area (TPSA) is 62.2 Å². The predicted octanol–water partition coefficient (Wildman–Crippen LogP) is 0.840. The maximum absolute atomic E-state index is 11.1. The van der Waals surface area contributed by atoms with E-state index in [4.69, 9.17) is 9.47 Å². The van der Waals surface area contributed by atoms with Gasteiger partial charge in [0.1, 0.15) is 6.10 Å². The van der Waals surface area contributed by atoms with Crippen molar-refractivity contribution in [3.05, 3.63) is 23.3 Å². The molecule has 5 atom stereocenters. The van der Waals surface area contributed by atoms with Gasteiger partial charge in [-0.15, -0.1) is 0 Å². The molecule has 5 rings (SSSR count). The Kier molecular flexibility index (Phi) is 2.57. The molecule has 0 bridgehead atoms. The van der Waals surface area contributed by atoms with E-state index < -0.39 is 12.2 Å². The fourth-order valence-electron chi connectivity index (χ4n) is 6.18. The summed E-state index contributed by atoms with van der Waals surface area (Å²) in [6.07, 6.45) is 1.81. The van der Waals surface area contributed by atoms with Crippen molar-refractivity contribution >= 4 is 0 Å². The van der Waals surface area contributed by atoms with Crippen LogP contribution in [0.3, 0.4) is 0 Å². The van der Waals surface area contributed by atoms with E-state index in [-0.39, 0.29) is 17.1 Å². The van der Waals surface area contributed by atoms with Gasteiger partial charge in [-0.25, -0.2) is 0 Å². The molecule has 1 aromatic carbocycles. The van der Waals surface area contributed by atoms with Crippen LogP contribution in [0.15, 0.2) is 12.1 Å². The second-order valence-electron chi connectivity index (χ2n) is 7.56. The van der Waals surface area contributed by atoms with Crippen LogP contribution in [0.4, 0.5) is 0 Å². The van der Waals surface area contributed by atoms with Crippen LogP contribution >= 0.6 is 0 Å². The molecule has 5 nitrogen and oxygen atoms in total. The Labute approximate surface area is 135 Å². The number of nitrogens with zero attached hydrogens (tertiary/aromatic N) is 1. The summed E-state index contributed by atoms with van der Waals surface area (Å²) in [5.41, 5.74) is 1.68. The van der Waals surface area contributed by atoms with Gasteiger partial charge in [0.15, 0.2) is 11.5 Å². The molecule has 0 aromatic heterocycles. The van der Waals surface area contributed by atoms with Gasteiger partial charge >= 0.3 is 0 Å². The van der Waals surface area contributed by atoms with Crippen LogP contribution < -0.4 is 9.47 Å². The number of likely N-dealkylation sites (N-methyl/N-ethyl adjacent to an activating group) is 1.